The van der Waals surface area contributed by atoms with E-state index >= 15 is 0 Å². The van der Waals surface area contributed by atoms with Gasteiger partial charge >= 0.3 is 0 Å². The number of anilines is 1. The van der Waals surface area contributed by atoms with E-state index < -0.39 is 0 Å². The number of carbonyl (C=O) groups excluding carboxylic acids is 1. The molecule has 2 fully saturated rings. The molecule has 2 aliphatic heterocycles. The number of aromatic nitrogens is 2. The first-order valence-electron chi connectivity index (χ1n) is 10.00. The maximum absolute atomic E-state index is 12.7. The standard InChI is InChI=1S/C21H26N6O2/c1-14-16(11-22)5-6-19(23-14)27-9-4-8-21(13-27)18(7-10-26(21)3)25-20(28)17-12-29-15(2)24-17/h5-6,12,18H,4,7-10,13H2,1-3H3,(H,25,28). The molecule has 1 spiro atoms. The van der Waals surface area contributed by atoms with Crippen molar-refractivity contribution in [3.63, 3.8) is 0 Å². The van der Waals surface area contributed by atoms with Gasteiger partial charge in [-0.15, -0.1) is 0 Å². The molecular formula is C21H26N6O2. The Morgan fingerprint density at radius 3 is 2.86 bits per heavy atom. The van der Waals surface area contributed by atoms with E-state index in [-0.39, 0.29) is 17.5 Å². The quantitative estimate of drug-likeness (QED) is 0.850. The van der Waals surface area contributed by atoms with Gasteiger partial charge in [-0.25, -0.2) is 9.97 Å². The zero-order chi connectivity index (χ0) is 20.6. The van der Waals surface area contributed by atoms with E-state index in [4.69, 9.17) is 4.42 Å². The van der Waals surface area contributed by atoms with Crippen molar-refractivity contribution in [1.82, 2.24) is 20.2 Å². The van der Waals surface area contributed by atoms with Gasteiger partial charge in [0.1, 0.15) is 18.2 Å². The van der Waals surface area contributed by atoms with Crippen LogP contribution in [0.1, 0.15) is 46.9 Å². The van der Waals surface area contributed by atoms with Gasteiger partial charge in [0.05, 0.1) is 22.8 Å². The highest BCUT2D eigenvalue weighted by Crippen LogP contribution is 2.37. The number of nitrogens with zero attached hydrogens (tertiary/aromatic N) is 5. The molecule has 0 bridgehead atoms. The first kappa shape index (κ1) is 19.4. The summed E-state index contributed by atoms with van der Waals surface area (Å²) in [5.41, 5.74) is 1.52. The van der Waals surface area contributed by atoms with Gasteiger partial charge in [0.25, 0.3) is 5.91 Å². The van der Waals surface area contributed by atoms with Crippen molar-refractivity contribution in [3.8, 4) is 6.07 Å². The zero-order valence-electron chi connectivity index (χ0n) is 17.1. The predicted octanol–water partition coefficient (Wildman–Crippen LogP) is 2.03. The average Bonchev–Trinajstić information content (AvgIpc) is 3.27. The molecule has 4 heterocycles. The van der Waals surface area contributed by atoms with E-state index in [1.54, 1.807) is 6.92 Å². The van der Waals surface area contributed by atoms with Crippen LogP contribution in [0.15, 0.2) is 22.8 Å². The lowest BCUT2D eigenvalue weighted by Crippen LogP contribution is -2.63. The number of likely N-dealkylation sites (N-methyl/N-ethyl adjacent to an activating group) is 1. The third kappa shape index (κ3) is 3.47. The molecule has 0 radical (unpaired) electrons. The minimum absolute atomic E-state index is 0.0271. The molecule has 1 amide bonds. The van der Waals surface area contributed by atoms with Gasteiger partial charge in [0, 0.05) is 26.6 Å². The minimum Gasteiger partial charge on any atom is -0.448 e. The van der Waals surface area contributed by atoms with E-state index in [2.05, 4.69) is 38.2 Å². The molecule has 152 valence electrons. The smallest absolute Gasteiger partial charge is 0.273 e. The summed E-state index contributed by atoms with van der Waals surface area (Å²) in [4.78, 5) is 26.2. The number of likely N-dealkylation sites (tertiary alicyclic amines) is 1. The van der Waals surface area contributed by atoms with Crippen molar-refractivity contribution in [2.24, 2.45) is 0 Å². The fraction of sp³-hybridized carbons (Fsp3) is 0.524. The largest absolute Gasteiger partial charge is 0.448 e. The molecule has 8 nitrogen and oxygen atoms in total. The number of hydrogen-bond acceptors (Lipinski definition) is 7. The summed E-state index contributed by atoms with van der Waals surface area (Å²) in [6, 6.07) is 5.96. The normalized spacial score (nSPS) is 24.6. The van der Waals surface area contributed by atoms with Crippen LogP contribution in [-0.4, -0.2) is 59.0 Å². The van der Waals surface area contributed by atoms with Crippen LogP contribution >= 0.6 is 0 Å². The predicted molar refractivity (Wildman–Crippen MR) is 108 cm³/mol. The van der Waals surface area contributed by atoms with Gasteiger partial charge in [-0.2, -0.15) is 5.26 Å². The summed E-state index contributed by atoms with van der Waals surface area (Å²) < 4.78 is 5.19. The molecule has 2 aromatic heterocycles. The zero-order valence-corrected chi connectivity index (χ0v) is 17.1. The number of oxazole rings is 1. The molecule has 29 heavy (non-hydrogen) atoms. The highest BCUT2D eigenvalue weighted by molar-refractivity contribution is 5.92. The topological polar surface area (TPSA) is 98.3 Å². The van der Waals surface area contributed by atoms with Gasteiger partial charge in [0.2, 0.25) is 0 Å². The number of nitrogens with one attached hydrogen (secondary N) is 1. The summed E-state index contributed by atoms with van der Waals surface area (Å²) in [6.07, 6.45) is 4.33. The van der Waals surface area contributed by atoms with Crippen LogP contribution in [0.2, 0.25) is 0 Å². The number of rotatable bonds is 3. The second-order valence-corrected chi connectivity index (χ2v) is 8.03. The highest BCUT2D eigenvalue weighted by Gasteiger charge is 2.50. The molecule has 0 aromatic carbocycles. The summed E-state index contributed by atoms with van der Waals surface area (Å²) in [5, 5.41) is 12.4. The van der Waals surface area contributed by atoms with E-state index in [0.29, 0.717) is 17.1 Å². The van der Waals surface area contributed by atoms with Crippen LogP contribution < -0.4 is 10.2 Å². The van der Waals surface area contributed by atoms with Gasteiger partial charge in [-0.3, -0.25) is 9.69 Å². The van der Waals surface area contributed by atoms with Crippen LogP contribution in [0.3, 0.4) is 0 Å². The third-order valence-electron chi connectivity index (χ3n) is 6.34. The lowest BCUT2D eigenvalue weighted by Gasteiger charge is -2.48. The van der Waals surface area contributed by atoms with E-state index in [1.165, 1.54) is 6.26 Å². The van der Waals surface area contributed by atoms with E-state index in [0.717, 1.165) is 50.4 Å². The number of pyridine rings is 1. The Balaban J connectivity index is 1.56. The lowest BCUT2D eigenvalue weighted by molar-refractivity contribution is 0.0835. The van der Waals surface area contributed by atoms with Gasteiger partial charge in [0.15, 0.2) is 11.6 Å². The molecule has 1 N–H and O–H groups in total. The van der Waals surface area contributed by atoms with Gasteiger partial charge < -0.3 is 14.6 Å². The second kappa shape index (κ2) is 7.48. The number of nitriles is 1. The number of piperidine rings is 1. The fourth-order valence-electron chi connectivity index (χ4n) is 4.68. The Labute approximate surface area is 170 Å². The molecule has 2 atom stereocenters. The Morgan fingerprint density at radius 2 is 2.17 bits per heavy atom. The summed E-state index contributed by atoms with van der Waals surface area (Å²) in [5.74, 6) is 1.18. The maximum atomic E-state index is 12.7. The van der Waals surface area contributed by atoms with Crippen molar-refractivity contribution in [2.75, 3.05) is 31.6 Å². The van der Waals surface area contributed by atoms with E-state index in [1.807, 2.05) is 19.1 Å². The number of aryl methyl sites for hydroxylation is 2. The van der Waals surface area contributed by atoms with E-state index in [9.17, 15) is 10.1 Å². The molecule has 2 aromatic rings. The van der Waals surface area contributed by atoms with Crippen molar-refractivity contribution >= 4 is 11.7 Å². The Morgan fingerprint density at radius 1 is 1.34 bits per heavy atom. The number of hydrogen-bond donors (Lipinski definition) is 1. The molecule has 2 unspecified atom stereocenters. The fourth-order valence-corrected chi connectivity index (χ4v) is 4.68. The van der Waals surface area contributed by atoms with Crippen LogP contribution in [0.25, 0.3) is 0 Å². The van der Waals surface area contributed by atoms with Crippen molar-refractivity contribution in [2.45, 2.75) is 44.7 Å². The van der Waals surface area contributed by atoms with Crippen LogP contribution in [0.4, 0.5) is 5.82 Å². The van der Waals surface area contributed by atoms with Gasteiger partial charge in [-0.05, 0) is 45.4 Å². The summed E-state index contributed by atoms with van der Waals surface area (Å²) in [7, 11) is 2.13. The molecular weight excluding hydrogens is 368 g/mol. The average molecular weight is 394 g/mol. The minimum atomic E-state index is -0.189. The SMILES string of the molecule is Cc1nc(C(=O)NC2CCN(C)C23CCCN(c2ccc(C#N)c(C)n2)C3)co1. The lowest BCUT2D eigenvalue weighted by atomic mass is 9.82. The summed E-state index contributed by atoms with van der Waals surface area (Å²) >= 11 is 0. The summed E-state index contributed by atoms with van der Waals surface area (Å²) in [6.45, 7) is 6.22. The number of amides is 1. The van der Waals surface area contributed by atoms with Crippen LogP contribution in [0, 0.1) is 25.2 Å². The molecule has 0 saturated carbocycles. The molecule has 2 aliphatic rings. The van der Waals surface area contributed by atoms with Gasteiger partial charge in [-0.1, -0.05) is 0 Å². The Kier molecular flexibility index (Phi) is 5.01. The van der Waals surface area contributed by atoms with Crippen molar-refractivity contribution in [3.05, 3.63) is 41.2 Å². The first-order valence-corrected chi connectivity index (χ1v) is 10.00. The second-order valence-electron chi connectivity index (χ2n) is 8.03. The van der Waals surface area contributed by atoms with Crippen molar-refractivity contribution in [1.29, 1.82) is 5.26 Å². The van der Waals surface area contributed by atoms with Crippen LogP contribution in [0.5, 0.6) is 0 Å². The molecule has 4 rings (SSSR count). The highest BCUT2D eigenvalue weighted by atomic mass is 16.3. The Hall–Kier alpha value is -2.92. The monoisotopic (exact) mass is 394 g/mol. The number of carbonyl (C=O) groups is 1. The van der Waals surface area contributed by atoms with Crippen molar-refractivity contribution < 1.29 is 9.21 Å². The van der Waals surface area contributed by atoms with Crippen LogP contribution in [-0.2, 0) is 0 Å². The maximum Gasteiger partial charge on any atom is 0.273 e. The molecule has 0 aliphatic carbocycles. The Bertz CT molecular complexity index is 964. The molecule has 2 saturated heterocycles. The third-order valence-corrected chi connectivity index (χ3v) is 6.34. The first-order chi connectivity index (χ1) is 13.9. The molecule has 8 heteroatoms.